The lowest BCUT2D eigenvalue weighted by atomic mass is 10.1. The van der Waals surface area contributed by atoms with Crippen LogP contribution in [0.5, 0.6) is 0 Å². The van der Waals surface area contributed by atoms with E-state index in [1.165, 1.54) is 44.9 Å². The van der Waals surface area contributed by atoms with Gasteiger partial charge in [-0.1, -0.05) is 50.6 Å². The first kappa shape index (κ1) is 15.4. The molecule has 0 atom stereocenters. The number of unbranched alkanes of at least 4 members (excludes halogenated alkanes) is 7. The second-order valence-electron chi connectivity index (χ2n) is 4.02. The van der Waals surface area contributed by atoms with Crippen molar-refractivity contribution < 1.29 is 9.57 Å². The molecule has 3 nitrogen and oxygen atoms in total. The van der Waals surface area contributed by atoms with Gasteiger partial charge in [-0.25, -0.2) is 0 Å². The van der Waals surface area contributed by atoms with Crippen LogP contribution in [0.1, 0.15) is 58.3 Å². The molecule has 3 heteroatoms. The maximum Gasteiger partial charge on any atom is 0.140 e. The first-order valence-corrected chi connectivity index (χ1v) is 6.54. The summed E-state index contributed by atoms with van der Waals surface area (Å²) in [5.41, 5.74) is 0. The lowest BCUT2D eigenvalue weighted by Gasteiger charge is -1.99. The molecule has 0 saturated heterocycles. The molecule has 0 fully saturated rings. The summed E-state index contributed by atoms with van der Waals surface area (Å²) in [6, 6.07) is 0. The summed E-state index contributed by atoms with van der Waals surface area (Å²) in [5.74, 6) is 0. The third-order valence-electron chi connectivity index (χ3n) is 2.46. The highest BCUT2D eigenvalue weighted by Gasteiger charge is 1.89. The molecule has 0 aromatic heterocycles. The number of hydrogen-bond acceptors (Lipinski definition) is 3. The molecule has 0 aliphatic rings. The molecule has 0 amide bonds. The van der Waals surface area contributed by atoms with E-state index in [-0.39, 0.29) is 0 Å². The quantitative estimate of drug-likeness (QED) is 0.290. The zero-order valence-corrected chi connectivity index (χ0v) is 10.9. The molecule has 0 saturated carbocycles. The van der Waals surface area contributed by atoms with Gasteiger partial charge in [-0.2, -0.15) is 0 Å². The van der Waals surface area contributed by atoms with Crippen LogP contribution in [0.15, 0.2) is 5.16 Å². The summed E-state index contributed by atoms with van der Waals surface area (Å²) in [6.07, 6.45) is 12.3. The Labute approximate surface area is 100 Å². The molecule has 0 spiro atoms. The van der Waals surface area contributed by atoms with Crippen molar-refractivity contribution in [2.24, 2.45) is 5.16 Å². The first-order valence-electron chi connectivity index (χ1n) is 6.54. The van der Waals surface area contributed by atoms with E-state index in [0.717, 1.165) is 6.42 Å². The minimum atomic E-state index is 0.546. The molecule has 0 aliphatic heterocycles. The molecule has 0 aromatic rings. The van der Waals surface area contributed by atoms with Crippen LogP contribution in [-0.2, 0) is 9.57 Å². The van der Waals surface area contributed by atoms with Gasteiger partial charge in [0, 0.05) is 13.3 Å². The van der Waals surface area contributed by atoms with Crippen LogP contribution in [0.2, 0.25) is 0 Å². The van der Waals surface area contributed by atoms with Crippen molar-refractivity contribution in [2.75, 3.05) is 20.3 Å². The minimum absolute atomic E-state index is 0.546. The van der Waals surface area contributed by atoms with Gasteiger partial charge >= 0.3 is 0 Å². The Kier molecular flexibility index (Phi) is 13.9. The zero-order valence-electron chi connectivity index (χ0n) is 10.9. The second-order valence-corrected chi connectivity index (χ2v) is 4.02. The van der Waals surface area contributed by atoms with Crippen LogP contribution < -0.4 is 0 Å². The van der Waals surface area contributed by atoms with Crippen molar-refractivity contribution in [2.45, 2.75) is 58.3 Å². The molecule has 0 heterocycles. The van der Waals surface area contributed by atoms with Gasteiger partial charge in [-0.3, -0.25) is 0 Å². The van der Waals surface area contributed by atoms with Crippen LogP contribution in [0, 0.1) is 0 Å². The molecule has 0 aliphatic carbocycles. The molecule has 0 unspecified atom stereocenters. The standard InChI is InChI=1S/C13H27NO2/c1-3-4-5-6-7-8-9-10-11-14-16-13-12-15-2/h11H,3-10,12-13H2,1-2H3/b14-11+. The summed E-state index contributed by atoms with van der Waals surface area (Å²) in [5, 5.41) is 3.85. The fourth-order valence-electron chi connectivity index (χ4n) is 1.47. The van der Waals surface area contributed by atoms with Gasteiger partial charge in [-0.15, -0.1) is 0 Å². The summed E-state index contributed by atoms with van der Waals surface area (Å²) in [6.45, 7) is 3.40. The highest BCUT2D eigenvalue weighted by Crippen LogP contribution is 2.07. The number of nitrogens with zero attached hydrogens (tertiary/aromatic N) is 1. The highest BCUT2D eigenvalue weighted by atomic mass is 16.6. The Morgan fingerprint density at radius 1 is 0.938 bits per heavy atom. The minimum Gasteiger partial charge on any atom is -0.394 e. The van der Waals surface area contributed by atoms with Crippen molar-refractivity contribution >= 4 is 6.21 Å². The number of rotatable bonds is 12. The Bertz CT molecular complexity index is 149. The fraction of sp³-hybridized carbons (Fsp3) is 0.923. The molecule has 0 aromatic carbocycles. The molecular formula is C13H27NO2. The first-order chi connectivity index (χ1) is 7.91. The summed E-state index contributed by atoms with van der Waals surface area (Å²) < 4.78 is 4.83. The monoisotopic (exact) mass is 229 g/mol. The van der Waals surface area contributed by atoms with Crippen LogP contribution in [0.4, 0.5) is 0 Å². The van der Waals surface area contributed by atoms with Crippen LogP contribution >= 0.6 is 0 Å². The predicted molar refractivity (Wildman–Crippen MR) is 68.9 cm³/mol. The van der Waals surface area contributed by atoms with Gasteiger partial charge in [0.15, 0.2) is 0 Å². The Balaban J connectivity index is 2.97. The Hall–Kier alpha value is -0.570. The third kappa shape index (κ3) is 13.4. The van der Waals surface area contributed by atoms with E-state index in [2.05, 4.69) is 12.1 Å². The van der Waals surface area contributed by atoms with E-state index < -0.39 is 0 Å². The summed E-state index contributed by atoms with van der Waals surface area (Å²) >= 11 is 0. The van der Waals surface area contributed by atoms with E-state index in [1.54, 1.807) is 7.11 Å². The second kappa shape index (κ2) is 14.4. The maximum atomic E-state index is 4.98. The van der Waals surface area contributed by atoms with E-state index in [1.807, 2.05) is 6.21 Å². The SMILES string of the molecule is CCCCCCCCC/C=N/OCCOC. The number of ether oxygens (including phenoxy) is 1. The molecule has 0 N–H and O–H groups in total. The molecule has 0 radical (unpaired) electrons. The van der Waals surface area contributed by atoms with Gasteiger partial charge in [0.2, 0.25) is 0 Å². The van der Waals surface area contributed by atoms with Crippen molar-refractivity contribution in [1.82, 2.24) is 0 Å². The predicted octanol–water partition coefficient (Wildman–Crippen LogP) is 3.78. The van der Waals surface area contributed by atoms with Crippen molar-refractivity contribution in [3.05, 3.63) is 0 Å². The van der Waals surface area contributed by atoms with E-state index in [0.29, 0.717) is 13.2 Å². The van der Waals surface area contributed by atoms with Crippen LogP contribution in [0.3, 0.4) is 0 Å². The number of oxime groups is 1. The molecular weight excluding hydrogens is 202 g/mol. The van der Waals surface area contributed by atoms with Gasteiger partial charge in [0.1, 0.15) is 6.61 Å². The van der Waals surface area contributed by atoms with Crippen molar-refractivity contribution in [3.8, 4) is 0 Å². The van der Waals surface area contributed by atoms with Crippen molar-refractivity contribution in [3.63, 3.8) is 0 Å². The molecule has 0 rings (SSSR count). The van der Waals surface area contributed by atoms with Crippen LogP contribution in [-0.4, -0.2) is 26.5 Å². The Morgan fingerprint density at radius 2 is 1.62 bits per heavy atom. The lowest BCUT2D eigenvalue weighted by Crippen LogP contribution is -1.97. The van der Waals surface area contributed by atoms with Gasteiger partial charge in [-0.05, 0) is 12.8 Å². The largest absolute Gasteiger partial charge is 0.394 e. The number of methoxy groups -OCH3 is 1. The van der Waals surface area contributed by atoms with Gasteiger partial charge in [0.05, 0.1) is 6.61 Å². The van der Waals surface area contributed by atoms with E-state index in [4.69, 9.17) is 9.57 Å². The average molecular weight is 229 g/mol. The summed E-state index contributed by atoms with van der Waals surface area (Å²) in [7, 11) is 1.66. The zero-order chi connectivity index (χ0) is 11.9. The fourth-order valence-corrected chi connectivity index (χ4v) is 1.47. The molecule has 0 bridgehead atoms. The van der Waals surface area contributed by atoms with Crippen molar-refractivity contribution in [1.29, 1.82) is 0 Å². The maximum absolute atomic E-state index is 4.98. The van der Waals surface area contributed by atoms with E-state index in [9.17, 15) is 0 Å². The summed E-state index contributed by atoms with van der Waals surface area (Å²) in [4.78, 5) is 4.98. The molecule has 96 valence electrons. The van der Waals surface area contributed by atoms with Crippen LogP contribution in [0.25, 0.3) is 0 Å². The highest BCUT2D eigenvalue weighted by molar-refractivity contribution is 5.56. The number of hydrogen-bond donors (Lipinski definition) is 0. The normalized spacial score (nSPS) is 11.1. The Morgan fingerprint density at radius 3 is 2.31 bits per heavy atom. The van der Waals surface area contributed by atoms with E-state index >= 15 is 0 Å². The lowest BCUT2D eigenvalue weighted by molar-refractivity contribution is 0.0756. The average Bonchev–Trinajstić information content (AvgIpc) is 2.31. The van der Waals surface area contributed by atoms with Gasteiger partial charge < -0.3 is 9.57 Å². The topological polar surface area (TPSA) is 30.8 Å². The van der Waals surface area contributed by atoms with Gasteiger partial charge in [0.25, 0.3) is 0 Å². The molecule has 16 heavy (non-hydrogen) atoms. The third-order valence-corrected chi connectivity index (χ3v) is 2.46. The smallest absolute Gasteiger partial charge is 0.140 e.